The number of amides is 1. The number of hydrogen-bond acceptors (Lipinski definition) is 4. The van der Waals surface area contributed by atoms with Crippen LogP contribution < -0.4 is 11.1 Å². The van der Waals surface area contributed by atoms with Crippen molar-refractivity contribution in [2.45, 2.75) is 24.7 Å². The van der Waals surface area contributed by atoms with E-state index < -0.39 is 24.2 Å². The lowest BCUT2D eigenvalue weighted by Gasteiger charge is -2.32. The number of primary amides is 1. The molecule has 0 saturated carbocycles. The molecule has 2 aromatic heterocycles. The Kier molecular flexibility index (Phi) is 2.92. The standard InChI is InChI=1S/C12H11F3N4O2/c13-12(14,15)9-4-6(8-2-1-3-21-8)17-10-5-7(11(16)20)18-19(9)10/h1-3,5-6,9,17H,4H2,(H2,16,20)/t6-,9+/m0/s1. The fourth-order valence-corrected chi connectivity index (χ4v) is 2.37. The molecule has 0 spiro atoms. The number of alkyl halides is 3. The summed E-state index contributed by atoms with van der Waals surface area (Å²) >= 11 is 0. The van der Waals surface area contributed by atoms with Crippen LogP contribution in [-0.2, 0) is 0 Å². The second-order valence-electron chi connectivity index (χ2n) is 4.73. The van der Waals surface area contributed by atoms with E-state index in [9.17, 15) is 18.0 Å². The molecule has 1 aliphatic heterocycles. The fourth-order valence-electron chi connectivity index (χ4n) is 2.37. The second kappa shape index (κ2) is 4.54. The molecule has 1 amide bonds. The Bertz CT molecular complexity index is 663. The maximum Gasteiger partial charge on any atom is 0.410 e. The van der Waals surface area contributed by atoms with Crippen LogP contribution in [0.15, 0.2) is 28.9 Å². The minimum atomic E-state index is -4.50. The van der Waals surface area contributed by atoms with Gasteiger partial charge in [-0.15, -0.1) is 0 Å². The number of nitrogens with zero attached hydrogens (tertiary/aromatic N) is 2. The van der Waals surface area contributed by atoms with E-state index in [2.05, 4.69) is 10.4 Å². The first kappa shape index (κ1) is 13.5. The van der Waals surface area contributed by atoms with Crippen LogP contribution in [0.25, 0.3) is 0 Å². The SMILES string of the molecule is NC(=O)c1cc2n(n1)[C@@H](C(F)(F)F)C[C@@H](c1ccco1)N2. The molecule has 112 valence electrons. The third-order valence-electron chi connectivity index (χ3n) is 3.33. The highest BCUT2D eigenvalue weighted by Crippen LogP contribution is 2.43. The minimum absolute atomic E-state index is 0.0822. The lowest BCUT2D eigenvalue weighted by atomic mass is 10.0. The smallest absolute Gasteiger partial charge is 0.410 e. The lowest BCUT2D eigenvalue weighted by molar-refractivity contribution is -0.174. The number of hydrogen-bond donors (Lipinski definition) is 2. The minimum Gasteiger partial charge on any atom is -0.467 e. The molecular weight excluding hydrogens is 289 g/mol. The molecule has 0 aliphatic carbocycles. The molecule has 3 heterocycles. The molecular formula is C12H11F3N4O2. The lowest BCUT2D eigenvalue weighted by Crippen LogP contribution is -2.35. The van der Waals surface area contributed by atoms with Crippen LogP contribution in [0, 0.1) is 0 Å². The van der Waals surface area contributed by atoms with E-state index in [1.54, 1.807) is 12.1 Å². The van der Waals surface area contributed by atoms with E-state index in [-0.39, 0.29) is 17.9 Å². The maximum atomic E-state index is 13.2. The van der Waals surface area contributed by atoms with Crippen LogP contribution in [-0.4, -0.2) is 21.9 Å². The zero-order valence-electron chi connectivity index (χ0n) is 10.6. The van der Waals surface area contributed by atoms with Crippen molar-refractivity contribution in [3.8, 4) is 0 Å². The molecule has 1 aliphatic rings. The predicted molar refractivity (Wildman–Crippen MR) is 65.5 cm³/mol. The number of halogens is 3. The number of anilines is 1. The quantitative estimate of drug-likeness (QED) is 0.890. The van der Waals surface area contributed by atoms with Crippen molar-refractivity contribution in [2.75, 3.05) is 5.32 Å². The largest absolute Gasteiger partial charge is 0.467 e. The highest BCUT2D eigenvalue weighted by molar-refractivity contribution is 5.91. The van der Waals surface area contributed by atoms with Crippen LogP contribution >= 0.6 is 0 Å². The number of rotatable bonds is 2. The fraction of sp³-hybridized carbons (Fsp3) is 0.333. The first-order chi connectivity index (χ1) is 9.86. The van der Waals surface area contributed by atoms with Gasteiger partial charge in [0.1, 0.15) is 11.6 Å². The van der Waals surface area contributed by atoms with Crippen LogP contribution in [0.1, 0.15) is 34.8 Å². The summed E-state index contributed by atoms with van der Waals surface area (Å²) in [5, 5.41) is 6.52. The zero-order valence-corrected chi connectivity index (χ0v) is 10.6. The number of aromatic nitrogens is 2. The Morgan fingerprint density at radius 3 is 2.86 bits per heavy atom. The molecule has 0 fully saturated rings. The van der Waals surface area contributed by atoms with Gasteiger partial charge in [-0.2, -0.15) is 18.3 Å². The second-order valence-corrected chi connectivity index (χ2v) is 4.73. The highest BCUT2D eigenvalue weighted by Gasteiger charge is 2.47. The van der Waals surface area contributed by atoms with Gasteiger partial charge in [0.15, 0.2) is 11.7 Å². The summed E-state index contributed by atoms with van der Waals surface area (Å²) in [4.78, 5) is 11.1. The highest BCUT2D eigenvalue weighted by atomic mass is 19.4. The molecule has 2 aromatic rings. The van der Waals surface area contributed by atoms with Gasteiger partial charge in [-0.25, -0.2) is 4.68 Å². The summed E-state index contributed by atoms with van der Waals surface area (Å²) in [6, 6.07) is 1.89. The number of fused-ring (bicyclic) bond motifs is 1. The van der Waals surface area contributed by atoms with Gasteiger partial charge < -0.3 is 15.5 Å². The van der Waals surface area contributed by atoms with Crippen LogP contribution in [0.5, 0.6) is 0 Å². The van der Waals surface area contributed by atoms with E-state index in [0.29, 0.717) is 5.76 Å². The predicted octanol–water partition coefficient (Wildman–Crippen LogP) is 2.24. The molecule has 0 saturated heterocycles. The maximum absolute atomic E-state index is 13.2. The van der Waals surface area contributed by atoms with Crippen molar-refractivity contribution in [3.63, 3.8) is 0 Å². The molecule has 3 rings (SSSR count). The van der Waals surface area contributed by atoms with Gasteiger partial charge in [-0.3, -0.25) is 4.79 Å². The van der Waals surface area contributed by atoms with Gasteiger partial charge in [-0.05, 0) is 12.1 Å². The van der Waals surface area contributed by atoms with E-state index in [4.69, 9.17) is 10.2 Å². The average Bonchev–Trinajstić information content (AvgIpc) is 3.05. The monoisotopic (exact) mass is 300 g/mol. The van der Waals surface area contributed by atoms with Crippen molar-refractivity contribution in [3.05, 3.63) is 35.9 Å². The average molecular weight is 300 g/mol. The number of nitrogens with one attached hydrogen (secondary N) is 1. The van der Waals surface area contributed by atoms with Crippen molar-refractivity contribution in [2.24, 2.45) is 5.73 Å². The van der Waals surface area contributed by atoms with E-state index in [1.165, 1.54) is 12.3 Å². The van der Waals surface area contributed by atoms with Gasteiger partial charge >= 0.3 is 6.18 Å². The summed E-state index contributed by atoms with van der Waals surface area (Å²) in [5.41, 5.74) is 4.85. The molecule has 0 bridgehead atoms. The Morgan fingerprint density at radius 1 is 1.52 bits per heavy atom. The van der Waals surface area contributed by atoms with Crippen LogP contribution in [0.3, 0.4) is 0 Å². The molecule has 0 aromatic carbocycles. The van der Waals surface area contributed by atoms with Crippen molar-refractivity contribution in [1.29, 1.82) is 0 Å². The van der Waals surface area contributed by atoms with Gasteiger partial charge in [0, 0.05) is 12.5 Å². The summed E-state index contributed by atoms with van der Waals surface area (Å²) in [6.07, 6.45) is -3.40. The van der Waals surface area contributed by atoms with Gasteiger partial charge in [0.2, 0.25) is 0 Å². The van der Waals surface area contributed by atoms with Crippen molar-refractivity contribution < 1.29 is 22.4 Å². The summed E-state index contributed by atoms with van der Waals surface area (Å²) < 4.78 is 45.5. The van der Waals surface area contributed by atoms with Crippen molar-refractivity contribution >= 4 is 11.7 Å². The van der Waals surface area contributed by atoms with Crippen molar-refractivity contribution in [1.82, 2.24) is 9.78 Å². The van der Waals surface area contributed by atoms with E-state index in [1.807, 2.05) is 0 Å². The Labute approximate surface area is 116 Å². The number of carbonyl (C=O) groups is 1. The molecule has 2 atom stereocenters. The summed E-state index contributed by atoms with van der Waals surface area (Å²) in [6.45, 7) is 0. The molecule has 9 heteroatoms. The Morgan fingerprint density at radius 2 is 2.29 bits per heavy atom. The Hall–Kier alpha value is -2.45. The third kappa shape index (κ3) is 2.34. The molecule has 21 heavy (non-hydrogen) atoms. The van der Waals surface area contributed by atoms with Gasteiger partial charge in [0.25, 0.3) is 5.91 Å². The number of furan rings is 1. The first-order valence-corrected chi connectivity index (χ1v) is 6.12. The van der Waals surface area contributed by atoms with Crippen LogP contribution in [0.4, 0.5) is 19.0 Å². The molecule has 0 radical (unpaired) electrons. The molecule has 6 nitrogen and oxygen atoms in total. The topological polar surface area (TPSA) is 86.1 Å². The van der Waals surface area contributed by atoms with E-state index >= 15 is 0 Å². The number of nitrogens with two attached hydrogens (primary N) is 1. The Balaban J connectivity index is 2.03. The zero-order chi connectivity index (χ0) is 15.2. The van der Waals surface area contributed by atoms with Gasteiger partial charge in [0.05, 0.1) is 12.3 Å². The van der Waals surface area contributed by atoms with Gasteiger partial charge in [-0.1, -0.05) is 0 Å². The normalized spacial score (nSPS) is 21.7. The summed E-state index contributed by atoms with van der Waals surface area (Å²) in [5.74, 6) is -0.412. The van der Waals surface area contributed by atoms with Crippen LogP contribution in [0.2, 0.25) is 0 Å². The molecule has 0 unspecified atom stereocenters. The first-order valence-electron chi connectivity index (χ1n) is 6.12. The summed E-state index contributed by atoms with van der Waals surface area (Å²) in [7, 11) is 0. The third-order valence-corrected chi connectivity index (χ3v) is 3.33. The molecule has 3 N–H and O–H groups in total. The number of carbonyl (C=O) groups excluding carboxylic acids is 1. The van der Waals surface area contributed by atoms with E-state index in [0.717, 1.165) is 4.68 Å².